The van der Waals surface area contributed by atoms with Crippen LogP contribution in [0, 0.1) is 36.8 Å². The number of rotatable bonds is 11. The van der Waals surface area contributed by atoms with Crippen molar-refractivity contribution < 1.29 is 62.1 Å². The van der Waals surface area contributed by atoms with E-state index < -0.39 is 17.4 Å². The summed E-state index contributed by atoms with van der Waals surface area (Å²) in [4.78, 5) is 42.7. The SMILES string of the molecule is Cn1nc(N2CCC(=O)NC2=O)c2cc(F)c(C3CCCCC3)cc21.[CH2-]CC1(C[CH2-])CC(n2cnc3ccc(Oc4c(F)ccc(NSN5CCC(OC)C5)c4C#N)cc3c2=O)CO1.[Na+]. The minimum absolute atomic E-state index is 0. The second kappa shape index (κ2) is 20.9. The van der Waals surface area contributed by atoms with Crippen LogP contribution in [0.25, 0.3) is 21.8 Å². The predicted octanol–water partition coefficient (Wildman–Crippen LogP) is 5.25. The summed E-state index contributed by atoms with van der Waals surface area (Å²) in [7, 11) is 3.48. The molecule has 3 aliphatic heterocycles. The molecule has 2 aromatic heterocycles. The Hall–Kier alpha value is -4.61. The fourth-order valence-electron chi connectivity index (χ4n) is 8.94. The van der Waals surface area contributed by atoms with Gasteiger partial charge in [-0.2, -0.15) is 23.2 Å². The molecule has 0 radical (unpaired) electrons. The smallest absolute Gasteiger partial charge is 0.453 e. The minimum atomic E-state index is -0.688. The zero-order valence-corrected chi connectivity index (χ0v) is 39.7. The van der Waals surface area contributed by atoms with Gasteiger partial charge in [-0.05, 0) is 79.6 Å². The molecule has 2 N–H and O–H groups in total. The summed E-state index contributed by atoms with van der Waals surface area (Å²) < 4.78 is 55.4. The van der Waals surface area contributed by atoms with Crippen molar-refractivity contribution in [1.82, 2.24) is 29.0 Å². The maximum absolute atomic E-state index is 14.9. The molecular weight excluding hydrogens is 868 g/mol. The van der Waals surface area contributed by atoms with Gasteiger partial charge in [0.2, 0.25) is 5.91 Å². The number of nitrogens with zero attached hydrogens (tertiary/aromatic N) is 7. The van der Waals surface area contributed by atoms with Crippen LogP contribution in [0.4, 0.5) is 25.1 Å². The van der Waals surface area contributed by atoms with Crippen LogP contribution in [0.15, 0.2) is 53.6 Å². The van der Waals surface area contributed by atoms with E-state index in [0.29, 0.717) is 53.7 Å². The van der Waals surface area contributed by atoms with Gasteiger partial charge in [0, 0.05) is 63.3 Å². The van der Waals surface area contributed by atoms with Crippen LogP contribution in [0.5, 0.6) is 11.5 Å². The molecule has 9 rings (SSSR count). The fourth-order valence-corrected chi connectivity index (χ4v) is 9.77. The van der Waals surface area contributed by atoms with Crippen molar-refractivity contribution >= 4 is 57.4 Å². The number of anilines is 2. The Morgan fingerprint density at radius 2 is 1.82 bits per heavy atom. The molecule has 5 aromatic rings. The van der Waals surface area contributed by atoms with Crippen molar-refractivity contribution in [2.24, 2.45) is 7.05 Å². The summed E-state index contributed by atoms with van der Waals surface area (Å²) in [6.07, 6.45) is 10.1. The molecule has 2 unspecified atom stereocenters. The number of nitrogens with one attached hydrogen (secondary N) is 2. The molecule has 19 heteroatoms. The predicted molar refractivity (Wildman–Crippen MR) is 240 cm³/mol. The maximum Gasteiger partial charge on any atom is 1.00 e. The number of aromatic nitrogens is 4. The van der Waals surface area contributed by atoms with Crippen molar-refractivity contribution in [2.45, 2.75) is 87.9 Å². The van der Waals surface area contributed by atoms with Crippen LogP contribution < -0.4 is 54.8 Å². The summed E-state index contributed by atoms with van der Waals surface area (Å²) >= 11 is 1.33. The molecule has 3 saturated heterocycles. The van der Waals surface area contributed by atoms with Crippen LogP contribution in [0.1, 0.15) is 87.3 Å². The largest absolute Gasteiger partial charge is 1.00 e. The third kappa shape index (κ3) is 10.2. The molecule has 1 saturated carbocycles. The number of methoxy groups -OCH3 is 1. The van der Waals surface area contributed by atoms with E-state index in [1.807, 2.05) is 12.1 Å². The first-order valence-electron chi connectivity index (χ1n) is 21.6. The third-order valence-corrected chi connectivity index (χ3v) is 13.6. The van der Waals surface area contributed by atoms with Crippen molar-refractivity contribution in [3.8, 4) is 17.6 Å². The van der Waals surface area contributed by atoms with E-state index in [4.69, 9.17) is 14.2 Å². The number of amides is 3. The molecule has 4 aliphatic rings. The van der Waals surface area contributed by atoms with Gasteiger partial charge in [0.25, 0.3) is 5.56 Å². The maximum atomic E-state index is 14.9. The average molecular weight is 919 g/mol. The Morgan fingerprint density at radius 1 is 1.03 bits per heavy atom. The number of benzene rings is 3. The standard InChI is InChI=1S/C28H30FN5O4S.C18H21FN4O2.Na/c1-4-28(5-2)13-18(16-37-28)34-17-31-24-8-6-19(12-21(24)27(34)35)38-26-22(14-30)25(9-7-23(26)29)32-39-33-11-10-20(15-33)36-3;1-22-15-10-12(11-5-3-2-4-6-11)14(19)9-13(15)17(21-22)23-8-7-16(24)20-18(23)25;/h6-9,12,17-18,20,32H,1-2,4-5,10-11,13,15-16H2,3H3;9-11H,2-8H2,1H3,(H,20,24,25);/q-2;;+1. The molecule has 3 aromatic carbocycles. The zero-order chi connectivity index (χ0) is 45.1. The van der Waals surface area contributed by atoms with E-state index in [-0.39, 0.29) is 94.9 Å². The van der Waals surface area contributed by atoms with Crippen molar-refractivity contribution in [3.05, 3.63) is 95.8 Å². The average Bonchev–Trinajstić information content (AvgIpc) is 4.04. The molecule has 4 fully saturated rings. The first-order valence-corrected chi connectivity index (χ1v) is 22.3. The van der Waals surface area contributed by atoms with Gasteiger partial charge in [-0.25, -0.2) is 22.9 Å². The summed E-state index contributed by atoms with van der Waals surface area (Å²) in [5.41, 5.74) is 1.78. The van der Waals surface area contributed by atoms with Gasteiger partial charge in [-0.1, -0.05) is 19.3 Å². The Bertz CT molecular complexity index is 2670. The van der Waals surface area contributed by atoms with Gasteiger partial charge in [-0.15, -0.1) is 0 Å². The van der Waals surface area contributed by atoms with Crippen LogP contribution in [-0.2, 0) is 21.3 Å². The minimum Gasteiger partial charge on any atom is -0.453 e. The van der Waals surface area contributed by atoms with Gasteiger partial charge in [-0.3, -0.25) is 29.1 Å². The normalized spacial score (nSPS) is 20.0. The number of fused-ring (bicyclic) bond motifs is 2. The van der Waals surface area contributed by atoms with Crippen LogP contribution in [0.3, 0.4) is 0 Å². The molecule has 338 valence electrons. The summed E-state index contributed by atoms with van der Waals surface area (Å²) in [5.74, 6) is -0.567. The van der Waals surface area contributed by atoms with Gasteiger partial charge < -0.3 is 32.8 Å². The van der Waals surface area contributed by atoms with Gasteiger partial charge >= 0.3 is 35.6 Å². The Balaban J connectivity index is 0.000000209. The molecule has 1 aliphatic carbocycles. The number of nitriles is 1. The molecule has 2 atom stereocenters. The number of hydrogen-bond acceptors (Lipinski definition) is 12. The Kier molecular flexibility index (Phi) is 15.6. The zero-order valence-electron chi connectivity index (χ0n) is 36.9. The molecular formula is C46H51F2N9NaO6S-. The molecule has 0 bridgehead atoms. The number of urea groups is 1. The molecule has 3 amide bonds. The van der Waals surface area contributed by atoms with Crippen molar-refractivity contribution in [2.75, 3.05) is 43.0 Å². The summed E-state index contributed by atoms with van der Waals surface area (Å²) in [6, 6.07) is 12.2. The van der Waals surface area contributed by atoms with E-state index in [2.05, 4.69) is 38.3 Å². The molecule has 5 heterocycles. The summed E-state index contributed by atoms with van der Waals surface area (Å²) in [6.45, 7) is 10.1. The Labute approximate surface area is 402 Å². The third-order valence-electron chi connectivity index (χ3n) is 12.7. The van der Waals surface area contributed by atoms with Crippen molar-refractivity contribution in [1.29, 1.82) is 5.26 Å². The molecule has 15 nitrogen and oxygen atoms in total. The Morgan fingerprint density at radius 3 is 2.51 bits per heavy atom. The fraction of sp³-hybridized carbons (Fsp3) is 0.435. The van der Waals surface area contributed by atoms with E-state index in [1.54, 1.807) is 35.5 Å². The second-order valence-electron chi connectivity index (χ2n) is 16.7. The van der Waals surface area contributed by atoms with E-state index >= 15 is 0 Å². The van der Waals surface area contributed by atoms with E-state index in [1.165, 1.54) is 54.0 Å². The summed E-state index contributed by atoms with van der Waals surface area (Å²) in [5, 5.41) is 17.5. The monoisotopic (exact) mass is 918 g/mol. The van der Waals surface area contributed by atoms with Crippen LogP contribution in [-0.4, -0.2) is 80.6 Å². The van der Waals surface area contributed by atoms with Gasteiger partial charge in [0.15, 0.2) is 17.4 Å². The number of halogens is 2. The van der Waals surface area contributed by atoms with Gasteiger partial charge in [0.05, 0.1) is 47.2 Å². The van der Waals surface area contributed by atoms with Crippen LogP contribution in [0.2, 0.25) is 0 Å². The topological polar surface area (TPSA) is 169 Å². The second-order valence-corrected chi connectivity index (χ2v) is 17.6. The number of imide groups is 1. The van der Waals surface area contributed by atoms with E-state index in [0.717, 1.165) is 56.3 Å². The van der Waals surface area contributed by atoms with Crippen LogP contribution >= 0.6 is 12.1 Å². The van der Waals surface area contributed by atoms with Crippen molar-refractivity contribution in [3.63, 3.8) is 0 Å². The number of aryl methyl sites for hydroxylation is 1. The number of ether oxygens (including phenoxy) is 3. The first-order chi connectivity index (χ1) is 30.9. The molecule has 65 heavy (non-hydrogen) atoms. The number of hydrogen-bond donors (Lipinski definition) is 2. The van der Waals surface area contributed by atoms with Gasteiger partial charge in [0.1, 0.15) is 23.2 Å². The number of carbonyl (C=O) groups is 2. The number of carbonyl (C=O) groups excluding carboxylic acids is 2. The quantitative estimate of drug-likeness (QED) is 0.100. The van der Waals surface area contributed by atoms with E-state index in [9.17, 15) is 28.4 Å². The first kappa shape index (κ1) is 48.3. The molecule has 0 spiro atoms.